The lowest BCUT2D eigenvalue weighted by Crippen LogP contribution is -2.22. The number of hydrogen-bond acceptors (Lipinski definition) is 4. The van der Waals surface area contributed by atoms with E-state index in [2.05, 4.69) is 15.6 Å². The summed E-state index contributed by atoms with van der Waals surface area (Å²) in [4.78, 5) is 16.3. The maximum Gasteiger partial charge on any atom is 0.248 e. The molecule has 0 unspecified atom stereocenters. The molecule has 2 N–H and O–H groups in total. The molecule has 1 aliphatic carbocycles. The molecule has 1 saturated carbocycles. The van der Waals surface area contributed by atoms with Gasteiger partial charge in [-0.05, 0) is 50.1 Å². The molecule has 1 aliphatic rings. The smallest absolute Gasteiger partial charge is 0.248 e. The Hall–Kier alpha value is -2.14. The largest absolute Gasteiger partial charge is 0.382 e. The second kappa shape index (κ2) is 8.11. The second-order valence-electron chi connectivity index (χ2n) is 6.17. The Bertz CT molecular complexity index is 700. The molecule has 126 valence electrons. The average Bonchev–Trinajstić information content (AvgIpc) is 3.01. The van der Waals surface area contributed by atoms with E-state index in [1.54, 1.807) is 17.4 Å². The van der Waals surface area contributed by atoms with Gasteiger partial charge in [-0.2, -0.15) is 0 Å². The zero-order valence-corrected chi connectivity index (χ0v) is 14.7. The molecule has 0 radical (unpaired) electrons. The van der Waals surface area contributed by atoms with E-state index >= 15 is 0 Å². The molecule has 1 amide bonds. The van der Waals surface area contributed by atoms with Gasteiger partial charge in [-0.25, -0.2) is 4.98 Å². The predicted octanol–water partition coefficient (Wildman–Crippen LogP) is 4.85. The highest BCUT2D eigenvalue weighted by molar-refractivity contribution is 7.09. The zero-order valence-electron chi connectivity index (χ0n) is 13.9. The first-order chi connectivity index (χ1) is 11.7. The van der Waals surface area contributed by atoms with E-state index in [-0.39, 0.29) is 5.91 Å². The van der Waals surface area contributed by atoms with E-state index in [9.17, 15) is 4.79 Å². The summed E-state index contributed by atoms with van der Waals surface area (Å²) in [6.45, 7) is 1.95. The molecule has 24 heavy (non-hydrogen) atoms. The maximum absolute atomic E-state index is 12.0. The Balaban J connectivity index is 1.51. The van der Waals surface area contributed by atoms with Crippen molar-refractivity contribution in [2.75, 3.05) is 10.6 Å². The number of rotatable bonds is 5. The van der Waals surface area contributed by atoms with Crippen molar-refractivity contribution in [1.82, 2.24) is 4.98 Å². The molecule has 1 heterocycles. The number of amides is 1. The summed E-state index contributed by atoms with van der Waals surface area (Å²) in [5, 5.41) is 9.38. The average molecular weight is 341 g/mol. The topological polar surface area (TPSA) is 54.0 Å². The van der Waals surface area contributed by atoms with E-state index in [4.69, 9.17) is 0 Å². The van der Waals surface area contributed by atoms with E-state index in [1.165, 1.54) is 38.2 Å². The first-order valence-electron chi connectivity index (χ1n) is 8.47. The summed E-state index contributed by atoms with van der Waals surface area (Å²) < 4.78 is 0. The molecule has 2 aromatic rings. The molecular weight excluding hydrogens is 318 g/mol. The van der Waals surface area contributed by atoms with Gasteiger partial charge >= 0.3 is 0 Å². The second-order valence-corrected chi connectivity index (χ2v) is 7.23. The number of nitrogens with one attached hydrogen (secondary N) is 2. The molecular formula is C19H23N3OS. The molecule has 3 rings (SSSR count). The molecule has 0 spiro atoms. The standard InChI is InChI=1S/C19H23N3OS/c1-14-20-18(13-24-14)11-12-19(23)22-17-9-7-16(8-10-17)21-15-5-3-2-4-6-15/h7-13,15,21H,2-6H2,1H3,(H,22,23)/b12-11+. The minimum atomic E-state index is -0.145. The lowest BCUT2D eigenvalue weighted by molar-refractivity contribution is -0.111. The van der Waals surface area contributed by atoms with Crippen LogP contribution in [0.25, 0.3) is 6.08 Å². The van der Waals surface area contributed by atoms with E-state index in [1.807, 2.05) is 36.6 Å². The van der Waals surface area contributed by atoms with Crippen LogP contribution in [0.4, 0.5) is 11.4 Å². The van der Waals surface area contributed by atoms with Gasteiger partial charge in [0, 0.05) is 28.9 Å². The highest BCUT2D eigenvalue weighted by atomic mass is 32.1. The highest BCUT2D eigenvalue weighted by Gasteiger charge is 2.12. The fraction of sp³-hybridized carbons (Fsp3) is 0.368. The number of aryl methyl sites for hydroxylation is 1. The summed E-state index contributed by atoms with van der Waals surface area (Å²) in [5.41, 5.74) is 2.74. The van der Waals surface area contributed by atoms with Crippen LogP contribution in [0.3, 0.4) is 0 Å². The van der Waals surface area contributed by atoms with Crippen LogP contribution in [0.15, 0.2) is 35.7 Å². The highest BCUT2D eigenvalue weighted by Crippen LogP contribution is 2.22. The first kappa shape index (κ1) is 16.7. The van der Waals surface area contributed by atoms with Crippen LogP contribution in [0, 0.1) is 6.92 Å². The van der Waals surface area contributed by atoms with Gasteiger partial charge in [0.15, 0.2) is 0 Å². The van der Waals surface area contributed by atoms with Crippen molar-refractivity contribution in [2.45, 2.75) is 45.1 Å². The van der Waals surface area contributed by atoms with Crippen LogP contribution in [-0.2, 0) is 4.79 Å². The fourth-order valence-electron chi connectivity index (χ4n) is 2.93. The third-order valence-electron chi connectivity index (χ3n) is 4.17. The predicted molar refractivity (Wildman–Crippen MR) is 101 cm³/mol. The molecule has 1 aromatic carbocycles. The SMILES string of the molecule is Cc1nc(/C=C/C(=O)Nc2ccc(NC3CCCCC3)cc2)cs1. The number of nitrogens with zero attached hydrogens (tertiary/aromatic N) is 1. The van der Waals surface area contributed by atoms with Crippen molar-refractivity contribution < 1.29 is 4.79 Å². The Morgan fingerprint density at radius 1 is 1.17 bits per heavy atom. The van der Waals surface area contributed by atoms with Gasteiger partial charge in [0.2, 0.25) is 5.91 Å². The number of hydrogen-bond donors (Lipinski definition) is 2. The van der Waals surface area contributed by atoms with Crippen LogP contribution in [0.1, 0.15) is 42.8 Å². The van der Waals surface area contributed by atoms with Crippen molar-refractivity contribution in [3.63, 3.8) is 0 Å². The molecule has 4 nitrogen and oxygen atoms in total. The lowest BCUT2D eigenvalue weighted by atomic mass is 9.95. The number of anilines is 2. The quantitative estimate of drug-likeness (QED) is 0.765. The van der Waals surface area contributed by atoms with Crippen molar-refractivity contribution in [3.05, 3.63) is 46.4 Å². The summed E-state index contributed by atoms with van der Waals surface area (Å²) in [6, 6.07) is 8.51. The summed E-state index contributed by atoms with van der Waals surface area (Å²) >= 11 is 1.57. The molecule has 0 saturated heterocycles. The Morgan fingerprint density at radius 3 is 2.54 bits per heavy atom. The minimum absolute atomic E-state index is 0.145. The minimum Gasteiger partial charge on any atom is -0.382 e. The van der Waals surface area contributed by atoms with Gasteiger partial charge in [-0.1, -0.05) is 19.3 Å². The number of thiazole rings is 1. The third-order valence-corrected chi connectivity index (χ3v) is 4.96. The molecule has 5 heteroatoms. The van der Waals surface area contributed by atoms with Crippen LogP contribution in [0.2, 0.25) is 0 Å². The number of benzene rings is 1. The van der Waals surface area contributed by atoms with Gasteiger partial charge in [-0.15, -0.1) is 11.3 Å². The Kier molecular flexibility index (Phi) is 5.64. The molecule has 1 fully saturated rings. The van der Waals surface area contributed by atoms with Crippen LogP contribution < -0.4 is 10.6 Å². The summed E-state index contributed by atoms with van der Waals surface area (Å²) in [5.74, 6) is -0.145. The molecule has 0 bridgehead atoms. The third kappa shape index (κ3) is 4.93. The van der Waals surface area contributed by atoms with Gasteiger partial charge in [-0.3, -0.25) is 4.79 Å². The number of carbonyl (C=O) groups excluding carboxylic acids is 1. The molecule has 1 aromatic heterocycles. The normalized spacial score (nSPS) is 15.5. The fourth-order valence-corrected chi connectivity index (χ4v) is 3.51. The first-order valence-corrected chi connectivity index (χ1v) is 9.35. The molecule has 0 aliphatic heterocycles. The summed E-state index contributed by atoms with van der Waals surface area (Å²) in [6.07, 6.45) is 9.74. The van der Waals surface area contributed by atoms with Crippen LogP contribution in [-0.4, -0.2) is 16.9 Å². The van der Waals surface area contributed by atoms with E-state index in [0.717, 1.165) is 22.1 Å². The van der Waals surface area contributed by atoms with E-state index in [0.29, 0.717) is 6.04 Å². The zero-order chi connectivity index (χ0) is 16.8. The Morgan fingerprint density at radius 2 is 1.88 bits per heavy atom. The number of aromatic nitrogens is 1. The maximum atomic E-state index is 12.0. The van der Waals surface area contributed by atoms with E-state index < -0.39 is 0 Å². The monoisotopic (exact) mass is 341 g/mol. The molecule has 0 atom stereocenters. The van der Waals surface area contributed by atoms with Gasteiger partial charge in [0.25, 0.3) is 0 Å². The van der Waals surface area contributed by atoms with Crippen LogP contribution >= 0.6 is 11.3 Å². The Labute approximate surface area is 147 Å². The van der Waals surface area contributed by atoms with Crippen molar-refractivity contribution >= 4 is 34.7 Å². The van der Waals surface area contributed by atoms with Gasteiger partial charge in [0.05, 0.1) is 10.7 Å². The van der Waals surface area contributed by atoms with Crippen molar-refractivity contribution in [1.29, 1.82) is 0 Å². The van der Waals surface area contributed by atoms with Crippen molar-refractivity contribution in [3.8, 4) is 0 Å². The van der Waals surface area contributed by atoms with Gasteiger partial charge in [0.1, 0.15) is 0 Å². The lowest BCUT2D eigenvalue weighted by Gasteiger charge is -2.23. The van der Waals surface area contributed by atoms with Crippen molar-refractivity contribution in [2.24, 2.45) is 0 Å². The van der Waals surface area contributed by atoms with Gasteiger partial charge < -0.3 is 10.6 Å². The summed E-state index contributed by atoms with van der Waals surface area (Å²) in [7, 11) is 0. The number of carbonyl (C=O) groups is 1. The van der Waals surface area contributed by atoms with Crippen LogP contribution in [0.5, 0.6) is 0 Å².